The minimum Gasteiger partial charge on any atom is -0.545 e. The third-order valence-corrected chi connectivity index (χ3v) is 2.87. The first-order valence-electron chi connectivity index (χ1n) is 4.98. The number of ether oxygens (including phenoxy) is 1. The van der Waals surface area contributed by atoms with Gasteiger partial charge in [0.2, 0.25) is 0 Å². The minimum atomic E-state index is -4.74. The van der Waals surface area contributed by atoms with E-state index in [1.54, 1.807) is 0 Å². The van der Waals surface area contributed by atoms with Crippen LogP contribution in [-0.2, 0) is 14.9 Å². The fourth-order valence-electron chi connectivity index (χ4n) is 1.22. The van der Waals surface area contributed by atoms with E-state index in [0.29, 0.717) is 12.1 Å². The van der Waals surface area contributed by atoms with Crippen LogP contribution in [0.15, 0.2) is 23.1 Å². The second-order valence-corrected chi connectivity index (χ2v) is 5.01. The van der Waals surface area contributed by atoms with Gasteiger partial charge in [0.05, 0.1) is 16.4 Å². The number of carboxylic acid groups (broad SMARTS) is 1. The Balaban J connectivity index is 0.00000400. The van der Waals surface area contributed by atoms with Crippen molar-refractivity contribution in [2.75, 3.05) is 6.61 Å². The molecule has 0 aliphatic rings. The maximum atomic E-state index is 11.5. The van der Waals surface area contributed by atoms with E-state index in [1.165, 1.54) is 0 Å². The zero-order valence-electron chi connectivity index (χ0n) is 10.7. The molecule has 0 aliphatic carbocycles. The molecule has 3 N–H and O–H groups in total. The number of carboxylic acids is 1. The summed E-state index contributed by atoms with van der Waals surface area (Å²) in [6, 6.07) is 2.03. The summed E-state index contributed by atoms with van der Waals surface area (Å²) in [6.07, 6.45) is -1.94. The number of carbonyl (C=O) groups excluding carboxylic acids is 2. The van der Waals surface area contributed by atoms with Crippen molar-refractivity contribution in [3.8, 4) is 0 Å². The number of aliphatic hydroxyl groups is 2. The molecular formula is C10H9NaO9S. The van der Waals surface area contributed by atoms with Gasteiger partial charge in [-0.25, -0.2) is 4.79 Å². The molecule has 0 atom stereocenters. The van der Waals surface area contributed by atoms with Crippen LogP contribution in [0.3, 0.4) is 0 Å². The number of hydrogen-bond acceptors (Lipinski definition) is 8. The molecular weight excluding hydrogens is 319 g/mol. The normalized spacial score (nSPS) is 10.9. The zero-order valence-corrected chi connectivity index (χ0v) is 13.5. The van der Waals surface area contributed by atoms with Crippen molar-refractivity contribution in [1.29, 1.82) is 0 Å². The molecule has 0 radical (unpaired) electrons. The number of hydrogen-bond donors (Lipinski definition) is 3. The van der Waals surface area contributed by atoms with Gasteiger partial charge in [0.15, 0.2) is 6.29 Å². The summed E-state index contributed by atoms with van der Waals surface area (Å²) in [6.45, 7) is -0.796. The van der Waals surface area contributed by atoms with E-state index in [2.05, 4.69) is 4.74 Å². The van der Waals surface area contributed by atoms with Crippen LogP contribution in [0, 0.1) is 0 Å². The Kier molecular flexibility index (Phi) is 7.47. The van der Waals surface area contributed by atoms with Crippen molar-refractivity contribution >= 4 is 22.1 Å². The van der Waals surface area contributed by atoms with Crippen LogP contribution in [0.4, 0.5) is 0 Å². The van der Waals surface area contributed by atoms with Gasteiger partial charge in [0, 0.05) is 0 Å². The van der Waals surface area contributed by atoms with E-state index in [-0.39, 0.29) is 29.6 Å². The van der Waals surface area contributed by atoms with Crippen molar-refractivity contribution < 1.29 is 72.2 Å². The molecule has 0 amide bonds. The third-order valence-electron chi connectivity index (χ3n) is 2.04. The molecule has 0 unspecified atom stereocenters. The van der Waals surface area contributed by atoms with Gasteiger partial charge >= 0.3 is 35.5 Å². The number of esters is 1. The molecule has 0 bridgehead atoms. The number of benzene rings is 1. The summed E-state index contributed by atoms with van der Waals surface area (Å²) in [5.41, 5.74) is -1.18. The second-order valence-electron chi connectivity index (χ2n) is 3.59. The summed E-state index contributed by atoms with van der Waals surface area (Å²) in [5, 5.41) is 27.7. The Labute approximate surface area is 141 Å². The third kappa shape index (κ3) is 6.09. The van der Waals surface area contributed by atoms with E-state index >= 15 is 0 Å². The summed E-state index contributed by atoms with van der Waals surface area (Å²) in [7, 11) is -4.74. The standard InChI is InChI=1S/C10H10O9S.Na/c11-8(12)4-19-10(15)6-1-5(9(13)14)2-7(3-6)20(16,17)18;/h1-3,8,11-12H,4H2,(H,13,14)(H,16,17,18);/q;+1/p-1. The largest absolute Gasteiger partial charge is 1.00 e. The number of aromatic carboxylic acids is 1. The summed E-state index contributed by atoms with van der Waals surface area (Å²) >= 11 is 0. The van der Waals surface area contributed by atoms with Gasteiger partial charge in [-0.1, -0.05) is 0 Å². The zero-order chi connectivity index (χ0) is 15.5. The van der Waals surface area contributed by atoms with E-state index < -0.39 is 51.0 Å². The summed E-state index contributed by atoms with van der Waals surface area (Å²) in [4.78, 5) is 21.3. The van der Waals surface area contributed by atoms with Gasteiger partial charge in [-0.3, -0.25) is 4.55 Å². The molecule has 0 aliphatic heterocycles. The first-order chi connectivity index (χ1) is 9.11. The number of carbonyl (C=O) groups is 2. The number of rotatable bonds is 5. The van der Waals surface area contributed by atoms with E-state index in [1.807, 2.05) is 0 Å². The second kappa shape index (κ2) is 7.84. The molecule has 11 heteroatoms. The topological polar surface area (TPSA) is 161 Å². The molecule has 110 valence electrons. The fourth-order valence-corrected chi connectivity index (χ4v) is 1.77. The van der Waals surface area contributed by atoms with Crippen molar-refractivity contribution in [2.24, 2.45) is 0 Å². The SMILES string of the molecule is O=C([O-])c1cc(C(=O)OCC(O)O)cc(S(=O)(=O)O)c1.[Na+]. The Morgan fingerprint density at radius 2 is 1.71 bits per heavy atom. The predicted molar refractivity (Wildman–Crippen MR) is 59.1 cm³/mol. The first kappa shape index (κ1) is 20.0. The molecule has 0 aromatic heterocycles. The van der Waals surface area contributed by atoms with Gasteiger partial charge in [0.25, 0.3) is 10.1 Å². The van der Waals surface area contributed by atoms with Gasteiger partial charge in [-0.2, -0.15) is 8.42 Å². The maximum Gasteiger partial charge on any atom is 1.00 e. The van der Waals surface area contributed by atoms with Crippen molar-refractivity contribution in [3.05, 3.63) is 29.3 Å². The smallest absolute Gasteiger partial charge is 0.545 e. The predicted octanol–water partition coefficient (Wildman–Crippen LogP) is -5.23. The summed E-state index contributed by atoms with van der Waals surface area (Å²) in [5.74, 6) is -2.97. The average Bonchev–Trinajstić information content (AvgIpc) is 2.34. The Morgan fingerprint density at radius 1 is 1.19 bits per heavy atom. The Morgan fingerprint density at radius 3 is 2.14 bits per heavy atom. The average molecular weight is 328 g/mol. The van der Waals surface area contributed by atoms with Gasteiger partial charge in [-0.15, -0.1) is 0 Å². The van der Waals surface area contributed by atoms with E-state index in [9.17, 15) is 23.1 Å². The molecule has 0 saturated heterocycles. The molecule has 0 saturated carbocycles. The molecule has 0 fully saturated rings. The Bertz CT molecular complexity index is 638. The molecule has 9 nitrogen and oxygen atoms in total. The van der Waals surface area contributed by atoms with Crippen LogP contribution in [0.1, 0.15) is 20.7 Å². The molecule has 1 aromatic rings. The van der Waals surface area contributed by atoms with Crippen molar-refractivity contribution in [3.63, 3.8) is 0 Å². The van der Waals surface area contributed by atoms with Gasteiger partial charge < -0.3 is 24.9 Å². The van der Waals surface area contributed by atoms with E-state index in [0.717, 1.165) is 6.07 Å². The van der Waals surface area contributed by atoms with Crippen LogP contribution in [0.2, 0.25) is 0 Å². The quantitative estimate of drug-likeness (QED) is 0.207. The molecule has 1 aromatic carbocycles. The first-order valence-corrected chi connectivity index (χ1v) is 6.42. The van der Waals surface area contributed by atoms with Crippen LogP contribution >= 0.6 is 0 Å². The van der Waals surface area contributed by atoms with Crippen LogP contribution in [0.25, 0.3) is 0 Å². The molecule has 1 rings (SSSR count). The van der Waals surface area contributed by atoms with Gasteiger partial charge in [-0.05, 0) is 23.8 Å². The molecule has 21 heavy (non-hydrogen) atoms. The van der Waals surface area contributed by atoms with Crippen molar-refractivity contribution in [1.82, 2.24) is 0 Å². The monoisotopic (exact) mass is 328 g/mol. The van der Waals surface area contributed by atoms with Crippen LogP contribution in [0.5, 0.6) is 0 Å². The Hall–Kier alpha value is -1.01. The van der Waals surface area contributed by atoms with Crippen LogP contribution < -0.4 is 34.7 Å². The minimum absolute atomic E-state index is 0. The fraction of sp³-hybridized carbons (Fsp3) is 0.200. The molecule has 0 heterocycles. The number of aliphatic hydroxyl groups excluding tert-OH is 1. The van der Waals surface area contributed by atoms with E-state index in [4.69, 9.17) is 14.8 Å². The molecule has 0 spiro atoms. The maximum absolute atomic E-state index is 11.5. The van der Waals surface area contributed by atoms with Crippen molar-refractivity contribution in [2.45, 2.75) is 11.2 Å². The van der Waals surface area contributed by atoms with Gasteiger partial charge in [0.1, 0.15) is 6.61 Å². The summed E-state index contributed by atoms with van der Waals surface area (Å²) < 4.78 is 35.1. The van der Waals surface area contributed by atoms with Crippen LogP contribution in [-0.4, -0.2) is 48.0 Å².